The summed E-state index contributed by atoms with van der Waals surface area (Å²) < 4.78 is 10.4. The van der Waals surface area contributed by atoms with Crippen LogP contribution in [-0.4, -0.2) is 47.3 Å². The number of carboxylic acid groups (broad SMARTS) is 2. The van der Waals surface area contributed by atoms with Gasteiger partial charge in [0.1, 0.15) is 0 Å². The third kappa shape index (κ3) is 72.4. The predicted molar refractivity (Wildman–Crippen MR) is 381 cm³/mol. The first-order chi connectivity index (χ1) is 43.2. The fourth-order valence-electron chi connectivity index (χ4n) is 12.4. The number of carboxylic acids is 2. The summed E-state index contributed by atoms with van der Waals surface area (Å²) in [5.74, 6) is -2.99. The molecule has 0 bridgehead atoms. The highest BCUT2D eigenvalue weighted by Gasteiger charge is 2.19. The topological polar surface area (TPSA) is 127 Å². The molecule has 0 unspecified atom stereocenters. The molecule has 0 fully saturated rings. The molecule has 0 atom stereocenters. The summed E-state index contributed by atoms with van der Waals surface area (Å²) in [7, 11) is 0. The van der Waals surface area contributed by atoms with Crippen LogP contribution in [0, 0.1) is 0 Å². The smallest absolute Gasteiger partial charge is 0.332 e. The van der Waals surface area contributed by atoms with Crippen molar-refractivity contribution in [2.24, 2.45) is 0 Å². The second kappa shape index (κ2) is 76.8. The highest BCUT2D eigenvalue weighted by atomic mass is 16.5. The first kappa shape index (κ1) is 87.4. The molecule has 0 aromatic carbocycles. The van der Waals surface area contributed by atoms with Crippen molar-refractivity contribution in [1.29, 1.82) is 0 Å². The van der Waals surface area contributed by atoms with Crippen molar-refractivity contribution >= 4 is 23.9 Å². The Kier molecular flexibility index (Phi) is 76.3. The first-order valence-electron chi connectivity index (χ1n) is 39.4. The normalized spacial score (nSPS) is 11.7. The first-order valence-corrected chi connectivity index (χ1v) is 39.4. The molecule has 0 aliphatic carbocycles. The van der Waals surface area contributed by atoms with Gasteiger partial charge in [0.15, 0.2) is 0 Å². The van der Waals surface area contributed by atoms with E-state index < -0.39 is 23.9 Å². The fraction of sp³-hybridized carbons (Fsp3) is 0.900. The van der Waals surface area contributed by atoms with E-state index >= 15 is 0 Å². The Labute approximate surface area is 548 Å². The Bertz CT molecular complexity index is 1390. The minimum atomic E-state index is -1.04. The van der Waals surface area contributed by atoms with E-state index in [4.69, 9.17) is 9.47 Å². The minimum absolute atomic E-state index is 0.142. The molecule has 8 nitrogen and oxygen atoms in total. The van der Waals surface area contributed by atoms with Crippen molar-refractivity contribution in [1.82, 2.24) is 0 Å². The third-order valence-electron chi connectivity index (χ3n) is 18.3. The molecular weight excluding hydrogens is 1090 g/mol. The zero-order chi connectivity index (χ0) is 64.4. The molecule has 0 aliphatic heterocycles. The zero-order valence-electron chi connectivity index (χ0n) is 59.6. The molecule has 2 N–H and O–H groups in total. The Morgan fingerprint density at radius 2 is 0.352 bits per heavy atom. The number of esters is 2. The maximum Gasteiger partial charge on any atom is 0.332 e. The van der Waals surface area contributed by atoms with Crippen LogP contribution < -0.4 is 0 Å². The second-order valence-corrected chi connectivity index (χ2v) is 26.9. The lowest BCUT2D eigenvalue weighted by molar-refractivity contribution is -0.140. The van der Waals surface area contributed by atoms with Crippen molar-refractivity contribution in [3.05, 3.63) is 23.3 Å². The SMILES string of the molecule is CCCCCCCCCCCCCCCCCC/C(C(=O)O)=C(/CCCCCCCCCCCCCCCCCC)C(=O)O.CCCCCCCCCCCCCCCCCCOC(=O)/C=C/C(=O)OCCCCCCCCCCCCCCCCCC. The van der Waals surface area contributed by atoms with Crippen LogP contribution in [0.5, 0.6) is 0 Å². The van der Waals surface area contributed by atoms with E-state index in [1.165, 1.54) is 359 Å². The summed E-state index contributed by atoms with van der Waals surface area (Å²) in [6, 6.07) is 0. The van der Waals surface area contributed by atoms with Crippen molar-refractivity contribution in [2.75, 3.05) is 13.2 Å². The number of hydrogen-bond acceptors (Lipinski definition) is 6. The van der Waals surface area contributed by atoms with E-state index in [1.807, 2.05) is 0 Å². The van der Waals surface area contributed by atoms with Gasteiger partial charge in [0.05, 0.1) is 13.2 Å². The van der Waals surface area contributed by atoms with E-state index in [-0.39, 0.29) is 11.1 Å². The lowest BCUT2D eigenvalue weighted by Crippen LogP contribution is -2.12. The van der Waals surface area contributed by atoms with Crippen LogP contribution in [0.1, 0.15) is 451 Å². The second-order valence-electron chi connectivity index (χ2n) is 26.9. The minimum Gasteiger partial charge on any atom is -0.478 e. The largest absolute Gasteiger partial charge is 0.478 e. The molecule has 0 radical (unpaired) electrons. The molecule has 0 amide bonds. The van der Waals surface area contributed by atoms with Gasteiger partial charge in [-0.2, -0.15) is 0 Å². The molecule has 8 heteroatoms. The summed E-state index contributed by atoms with van der Waals surface area (Å²) >= 11 is 0. The molecule has 0 heterocycles. The lowest BCUT2D eigenvalue weighted by Gasteiger charge is -2.10. The highest BCUT2D eigenvalue weighted by molar-refractivity contribution is 5.98. The third-order valence-corrected chi connectivity index (χ3v) is 18.3. The monoisotopic (exact) mass is 1240 g/mol. The quantitative estimate of drug-likeness (QED) is 0.0350. The predicted octanol–water partition coefficient (Wildman–Crippen LogP) is 26.9. The summed E-state index contributed by atoms with van der Waals surface area (Å²) in [5, 5.41) is 19.5. The van der Waals surface area contributed by atoms with Crippen LogP contribution in [0.4, 0.5) is 0 Å². The number of aliphatic carboxylic acids is 2. The van der Waals surface area contributed by atoms with Crippen LogP contribution in [0.25, 0.3) is 0 Å². The van der Waals surface area contributed by atoms with E-state index in [9.17, 15) is 29.4 Å². The van der Waals surface area contributed by atoms with Crippen LogP contribution >= 0.6 is 0 Å². The molecule has 88 heavy (non-hydrogen) atoms. The van der Waals surface area contributed by atoms with Crippen molar-refractivity contribution in [3.63, 3.8) is 0 Å². The number of unbranched alkanes of at least 4 members (excludes halogenated alkanes) is 60. The molecule has 0 aromatic rings. The van der Waals surface area contributed by atoms with Crippen molar-refractivity contribution < 1.29 is 38.9 Å². The zero-order valence-corrected chi connectivity index (χ0v) is 59.6. The van der Waals surface area contributed by atoms with Crippen LogP contribution in [0.2, 0.25) is 0 Å². The Hall–Kier alpha value is -2.64. The van der Waals surface area contributed by atoms with Gasteiger partial charge in [-0.1, -0.05) is 413 Å². The molecule has 0 aliphatic rings. The van der Waals surface area contributed by atoms with Crippen LogP contribution in [0.15, 0.2) is 23.3 Å². The number of rotatable bonds is 72. The van der Waals surface area contributed by atoms with Gasteiger partial charge < -0.3 is 19.7 Å². The maximum atomic E-state index is 11.9. The molecule has 520 valence electrons. The van der Waals surface area contributed by atoms with Crippen molar-refractivity contribution in [2.45, 2.75) is 451 Å². The van der Waals surface area contributed by atoms with Crippen LogP contribution in [0.3, 0.4) is 0 Å². The van der Waals surface area contributed by atoms with Crippen LogP contribution in [-0.2, 0) is 28.7 Å². The number of hydrogen-bond donors (Lipinski definition) is 2. The average Bonchev–Trinajstić information content (AvgIpc) is 3.57. The van der Waals surface area contributed by atoms with E-state index in [0.29, 0.717) is 26.1 Å². The molecule has 0 aromatic heterocycles. The average molecular weight is 1240 g/mol. The Morgan fingerprint density at radius 1 is 0.216 bits per heavy atom. The van der Waals surface area contributed by atoms with Gasteiger partial charge in [0, 0.05) is 23.3 Å². The van der Waals surface area contributed by atoms with E-state index in [2.05, 4.69) is 27.7 Å². The van der Waals surface area contributed by atoms with E-state index in [1.54, 1.807) is 0 Å². The number of carbonyl (C=O) groups excluding carboxylic acids is 2. The summed E-state index contributed by atoms with van der Waals surface area (Å²) in [5.41, 5.74) is 0.285. The highest BCUT2D eigenvalue weighted by Crippen LogP contribution is 2.23. The maximum absolute atomic E-state index is 11.9. The molecule has 0 spiro atoms. The standard InChI is InChI=1S/2C40H76O4/c1-3-5-7-9-11-13-15-17-19-21-23-25-27-29-31-33-37-43-39(41)35-36-40(42)44-38-34-32-30-28-26-24-22-20-18-16-14-12-10-8-6-4-2;1-3-5-7-9-11-13-15-17-19-21-23-25-27-29-31-33-35-37(39(41)42)38(40(43)44)36-34-32-30-28-26-24-22-20-18-16-14-12-10-8-6-4-2/h35-36H,3-34,37-38H2,1-2H3;3-36H2,1-2H3,(H,41,42)(H,43,44)/b36-35+;38-37+. The van der Waals surface area contributed by atoms with Gasteiger partial charge in [0.2, 0.25) is 0 Å². The number of carbonyl (C=O) groups is 4. The molecule has 0 saturated heterocycles. The molecule has 0 saturated carbocycles. The van der Waals surface area contributed by atoms with Gasteiger partial charge in [-0.3, -0.25) is 0 Å². The van der Waals surface area contributed by atoms with Gasteiger partial charge in [0.25, 0.3) is 0 Å². The van der Waals surface area contributed by atoms with Gasteiger partial charge in [-0.25, -0.2) is 19.2 Å². The molecular formula is C80H152O8. The van der Waals surface area contributed by atoms with E-state index in [0.717, 1.165) is 64.2 Å². The Morgan fingerprint density at radius 3 is 0.500 bits per heavy atom. The summed E-state index contributed by atoms with van der Waals surface area (Å²) in [4.78, 5) is 47.4. The lowest BCUT2D eigenvalue weighted by atomic mass is 9.96. The Balaban J connectivity index is 0. The van der Waals surface area contributed by atoms with Gasteiger partial charge in [-0.05, 0) is 38.5 Å². The van der Waals surface area contributed by atoms with Crippen molar-refractivity contribution in [3.8, 4) is 0 Å². The fourth-order valence-corrected chi connectivity index (χ4v) is 12.4. The van der Waals surface area contributed by atoms with Gasteiger partial charge in [-0.15, -0.1) is 0 Å². The number of ether oxygens (including phenoxy) is 2. The summed E-state index contributed by atoms with van der Waals surface area (Å²) in [6.45, 7) is 9.95. The summed E-state index contributed by atoms with van der Waals surface area (Å²) in [6.07, 6.45) is 86.4. The van der Waals surface area contributed by atoms with Gasteiger partial charge >= 0.3 is 23.9 Å². The molecule has 0 rings (SSSR count).